The van der Waals surface area contributed by atoms with Crippen LogP contribution in [0.3, 0.4) is 0 Å². The molecule has 3 heterocycles. The molecule has 4 rings (SSSR count). The van der Waals surface area contributed by atoms with Gasteiger partial charge in [0.1, 0.15) is 5.76 Å². The minimum atomic E-state index is -0.559. The van der Waals surface area contributed by atoms with Crippen molar-refractivity contribution in [3.63, 3.8) is 0 Å². The van der Waals surface area contributed by atoms with Crippen molar-refractivity contribution < 1.29 is 4.42 Å². The molecule has 124 valence electrons. The smallest absolute Gasteiger partial charge is 0.333 e. The number of H-pyrrole nitrogens is 1. The van der Waals surface area contributed by atoms with E-state index in [1.54, 1.807) is 36.5 Å². The van der Waals surface area contributed by atoms with E-state index in [0.717, 1.165) is 10.1 Å². The summed E-state index contributed by atoms with van der Waals surface area (Å²) in [7, 11) is 0. The quantitative estimate of drug-likeness (QED) is 0.599. The van der Waals surface area contributed by atoms with E-state index in [1.165, 1.54) is 6.20 Å². The normalized spacial score (nSPS) is 11.1. The van der Waals surface area contributed by atoms with E-state index < -0.39 is 11.2 Å². The fraction of sp³-hybridized carbons (Fsp3) is 0.0556. The lowest BCUT2D eigenvalue weighted by Gasteiger charge is -2.04. The average molecular weight is 354 g/mol. The van der Waals surface area contributed by atoms with Crippen LogP contribution >= 0.6 is 11.6 Å². The zero-order chi connectivity index (χ0) is 17.6. The summed E-state index contributed by atoms with van der Waals surface area (Å²) in [5.41, 5.74) is 1.12. The number of fused-ring (bicyclic) bond motifs is 1. The molecule has 6 nitrogen and oxygen atoms in total. The average Bonchev–Trinajstić information content (AvgIpc) is 2.99. The lowest BCUT2D eigenvalue weighted by Crippen LogP contribution is -2.33. The van der Waals surface area contributed by atoms with Gasteiger partial charge in [0.25, 0.3) is 0 Å². The molecule has 0 aliphatic carbocycles. The Hall–Kier alpha value is -3.12. The van der Waals surface area contributed by atoms with Crippen molar-refractivity contribution in [2.75, 3.05) is 0 Å². The van der Waals surface area contributed by atoms with E-state index in [0.29, 0.717) is 27.6 Å². The van der Waals surface area contributed by atoms with Crippen molar-refractivity contribution in [3.8, 4) is 17.0 Å². The molecule has 0 atom stereocenters. The molecule has 0 saturated carbocycles. The molecule has 25 heavy (non-hydrogen) atoms. The number of halogens is 1. The Morgan fingerprint density at radius 3 is 2.72 bits per heavy atom. The highest BCUT2D eigenvalue weighted by molar-refractivity contribution is 6.33. The first-order chi connectivity index (χ1) is 12.0. The van der Waals surface area contributed by atoms with Gasteiger partial charge in [0, 0.05) is 17.8 Å². The first-order valence-corrected chi connectivity index (χ1v) is 7.88. The number of aromatic amines is 1. The van der Waals surface area contributed by atoms with Crippen LogP contribution in [0.1, 0.15) is 5.56 Å². The molecule has 0 aliphatic heterocycles. The first-order valence-electron chi connectivity index (χ1n) is 7.50. The van der Waals surface area contributed by atoms with Gasteiger partial charge < -0.3 is 9.40 Å². The minimum Gasteiger partial charge on any atom is -0.449 e. The molecule has 0 radical (unpaired) electrons. The molecule has 3 aromatic heterocycles. The summed E-state index contributed by atoms with van der Waals surface area (Å²) in [5.74, 6) is 0.411. The van der Waals surface area contributed by atoms with Crippen LogP contribution in [-0.4, -0.2) is 14.5 Å². The van der Waals surface area contributed by atoms with Gasteiger partial charge in [-0.2, -0.15) is 0 Å². The Balaban J connectivity index is 1.99. The van der Waals surface area contributed by atoms with Crippen LogP contribution < -0.4 is 11.2 Å². The number of nitrogens with one attached hydrogen (secondary N) is 1. The second kappa shape index (κ2) is 5.75. The summed E-state index contributed by atoms with van der Waals surface area (Å²) in [6, 6.07) is 10.4. The highest BCUT2D eigenvalue weighted by atomic mass is 35.5. The van der Waals surface area contributed by atoms with Crippen molar-refractivity contribution in [2.45, 2.75) is 6.92 Å². The number of hydrogen-bond acceptors (Lipinski definition) is 4. The van der Waals surface area contributed by atoms with E-state index in [4.69, 9.17) is 16.0 Å². The summed E-state index contributed by atoms with van der Waals surface area (Å²) in [5, 5.41) is 0.493. The molecule has 1 N–H and O–H groups in total. The molecule has 1 aromatic carbocycles. The van der Waals surface area contributed by atoms with Gasteiger partial charge in [0.05, 0.1) is 22.4 Å². The van der Waals surface area contributed by atoms with Gasteiger partial charge in [-0.3, -0.25) is 9.78 Å². The lowest BCUT2D eigenvalue weighted by atomic mass is 10.2. The van der Waals surface area contributed by atoms with Crippen LogP contribution in [0.5, 0.6) is 0 Å². The fourth-order valence-electron chi connectivity index (χ4n) is 2.70. The van der Waals surface area contributed by atoms with Gasteiger partial charge in [0.15, 0.2) is 0 Å². The number of furan rings is 1. The molecular weight excluding hydrogens is 342 g/mol. The van der Waals surface area contributed by atoms with Gasteiger partial charge in [-0.1, -0.05) is 23.7 Å². The van der Waals surface area contributed by atoms with Gasteiger partial charge in [0.2, 0.25) is 5.58 Å². The second-order valence-corrected chi connectivity index (χ2v) is 6.03. The van der Waals surface area contributed by atoms with Crippen LogP contribution in [0, 0.1) is 6.92 Å². The van der Waals surface area contributed by atoms with E-state index in [2.05, 4.69) is 9.97 Å². The largest absolute Gasteiger partial charge is 0.449 e. The molecule has 0 spiro atoms. The standard InChI is InChI=1S/C18H12ClN3O3/c1-10-6-11(9-20-8-10)22-17(23)16-14(21-18(22)24)7-15(25-16)12-4-2-3-5-13(12)19/h2-9H,1H3,(H,21,24). The molecule has 0 aliphatic rings. The van der Waals surface area contributed by atoms with Crippen molar-refractivity contribution in [1.82, 2.24) is 14.5 Å². The van der Waals surface area contributed by atoms with Crippen molar-refractivity contribution in [1.29, 1.82) is 0 Å². The third-order valence-electron chi connectivity index (χ3n) is 3.83. The topological polar surface area (TPSA) is 80.9 Å². The molecule has 0 saturated heterocycles. The molecular formula is C18H12ClN3O3. The van der Waals surface area contributed by atoms with Crippen LogP contribution in [-0.2, 0) is 0 Å². The Bertz CT molecular complexity index is 1220. The second-order valence-electron chi connectivity index (χ2n) is 5.62. The fourth-order valence-corrected chi connectivity index (χ4v) is 2.93. The third-order valence-corrected chi connectivity index (χ3v) is 4.16. The summed E-state index contributed by atoms with van der Waals surface area (Å²) in [6.07, 6.45) is 3.09. The Kier molecular flexibility index (Phi) is 3.54. The number of benzene rings is 1. The summed E-state index contributed by atoms with van der Waals surface area (Å²) >= 11 is 6.18. The maximum atomic E-state index is 12.8. The number of hydrogen-bond donors (Lipinski definition) is 1. The zero-order valence-corrected chi connectivity index (χ0v) is 13.9. The number of rotatable bonds is 2. The number of aryl methyl sites for hydroxylation is 1. The van der Waals surface area contributed by atoms with Gasteiger partial charge >= 0.3 is 11.2 Å². The van der Waals surface area contributed by atoms with Crippen molar-refractivity contribution in [2.24, 2.45) is 0 Å². The first kappa shape index (κ1) is 15.4. The molecule has 0 bridgehead atoms. The Morgan fingerprint density at radius 1 is 1.16 bits per heavy atom. The maximum absolute atomic E-state index is 12.8. The van der Waals surface area contributed by atoms with E-state index >= 15 is 0 Å². The van der Waals surface area contributed by atoms with Crippen molar-refractivity contribution >= 4 is 22.7 Å². The summed E-state index contributed by atoms with van der Waals surface area (Å²) in [4.78, 5) is 31.9. The van der Waals surface area contributed by atoms with Crippen molar-refractivity contribution in [3.05, 3.63) is 80.2 Å². The highest BCUT2D eigenvalue weighted by Gasteiger charge is 2.16. The van der Waals surface area contributed by atoms with Gasteiger partial charge in [-0.05, 0) is 30.7 Å². The van der Waals surface area contributed by atoms with E-state index in [1.807, 2.05) is 13.0 Å². The third kappa shape index (κ3) is 2.56. The zero-order valence-electron chi connectivity index (χ0n) is 13.1. The molecule has 4 aromatic rings. The Labute approximate surface area is 146 Å². The Morgan fingerprint density at radius 2 is 1.96 bits per heavy atom. The number of aromatic nitrogens is 3. The van der Waals surface area contributed by atoms with Crippen LogP contribution in [0.4, 0.5) is 0 Å². The van der Waals surface area contributed by atoms with Gasteiger partial charge in [-0.25, -0.2) is 9.36 Å². The summed E-state index contributed by atoms with van der Waals surface area (Å²) in [6.45, 7) is 1.83. The lowest BCUT2D eigenvalue weighted by molar-refractivity contribution is 0.620. The SMILES string of the molecule is Cc1cncc(-n2c(=O)[nH]c3cc(-c4ccccc4Cl)oc3c2=O)c1. The van der Waals surface area contributed by atoms with Crippen LogP contribution in [0.2, 0.25) is 5.02 Å². The molecule has 0 amide bonds. The minimum absolute atomic E-state index is 0.0519. The van der Waals surface area contributed by atoms with Crippen LogP contribution in [0.25, 0.3) is 28.1 Å². The summed E-state index contributed by atoms with van der Waals surface area (Å²) < 4.78 is 6.71. The molecule has 0 fully saturated rings. The monoisotopic (exact) mass is 353 g/mol. The van der Waals surface area contributed by atoms with E-state index in [-0.39, 0.29) is 5.58 Å². The van der Waals surface area contributed by atoms with E-state index in [9.17, 15) is 9.59 Å². The molecule has 0 unspecified atom stereocenters. The maximum Gasteiger partial charge on any atom is 0.333 e. The van der Waals surface area contributed by atoms with Gasteiger partial charge in [-0.15, -0.1) is 0 Å². The molecule has 7 heteroatoms. The number of pyridine rings is 1. The highest BCUT2D eigenvalue weighted by Crippen LogP contribution is 2.30. The predicted molar refractivity (Wildman–Crippen MR) is 95.4 cm³/mol. The number of nitrogens with zero attached hydrogens (tertiary/aromatic N) is 2. The predicted octanol–water partition coefficient (Wildman–Crippen LogP) is 3.30. The van der Waals surface area contributed by atoms with Crippen LogP contribution in [0.15, 0.2) is 62.8 Å².